The summed E-state index contributed by atoms with van der Waals surface area (Å²) in [6, 6.07) is 11.5. The van der Waals surface area contributed by atoms with E-state index in [1.165, 1.54) is 23.9 Å². The van der Waals surface area contributed by atoms with Gasteiger partial charge in [0.05, 0.1) is 22.3 Å². The molecule has 4 heterocycles. The van der Waals surface area contributed by atoms with Crippen molar-refractivity contribution in [1.82, 2.24) is 24.3 Å². The Balaban J connectivity index is 1.56. The standard InChI is InChI=1S/C21H16N6O2S/c1-12-8-17-22-9-15(13(2)27(17)24-12)19(28)25-26-11-23-20-18(21(26)29)16(10-30-20)14-6-4-3-5-7-14/h3-11H,1-2H3,(H,25,28). The number of fused-ring (bicyclic) bond motifs is 2. The zero-order chi connectivity index (χ0) is 20.8. The van der Waals surface area contributed by atoms with Gasteiger partial charge in [0.25, 0.3) is 11.5 Å². The van der Waals surface area contributed by atoms with Crippen LogP contribution >= 0.6 is 11.3 Å². The Kier molecular flexibility index (Phi) is 4.18. The van der Waals surface area contributed by atoms with Crippen LogP contribution in [0.3, 0.4) is 0 Å². The fourth-order valence-electron chi connectivity index (χ4n) is 3.40. The van der Waals surface area contributed by atoms with Crippen molar-refractivity contribution in [3.8, 4) is 11.1 Å². The van der Waals surface area contributed by atoms with Gasteiger partial charge in [-0.1, -0.05) is 30.3 Å². The van der Waals surface area contributed by atoms with Crippen molar-refractivity contribution in [2.24, 2.45) is 0 Å². The highest BCUT2D eigenvalue weighted by atomic mass is 32.1. The maximum atomic E-state index is 13.1. The summed E-state index contributed by atoms with van der Waals surface area (Å²) in [5.41, 5.74) is 6.43. The lowest BCUT2D eigenvalue weighted by atomic mass is 10.1. The van der Waals surface area contributed by atoms with Gasteiger partial charge < -0.3 is 0 Å². The van der Waals surface area contributed by atoms with E-state index in [2.05, 4.69) is 20.5 Å². The van der Waals surface area contributed by atoms with Crippen molar-refractivity contribution >= 4 is 33.1 Å². The Labute approximate surface area is 174 Å². The first-order chi connectivity index (χ1) is 14.5. The van der Waals surface area contributed by atoms with Gasteiger partial charge in [-0.15, -0.1) is 11.3 Å². The first-order valence-corrected chi connectivity index (χ1v) is 10.1. The van der Waals surface area contributed by atoms with Gasteiger partial charge in [-0.3, -0.25) is 15.0 Å². The molecule has 0 spiro atoms. The van der Waals surface area contributed by atoms with Crippen molar-refractivity contribution in [2.75, 3.05) is 5.43 Å². The number of carbonyl (C=O) groups is 1. The van der Waals surface area contributed by atoms with Crippen molar-refractivity contribution in [3.05, 3.63) is 81.6 Å². The summed E-state index contributed by atoms with van der Waals surface area (Å²) in [7, 11) is 0. The summed E-state index contributed by atoms with van der Waals surface area (Å²) in [5, 5.41) is 6.73. The van der Waals surface area contributed by atoms with E-state index < -0.39 is 5.91 Å². The van der Waals surface area contributed by atoms with E-state index in [9.17, 15) is 9.59 Å². The largest absolute Gasteiger partial charge is 0.281 e. The number of amides is 1. The second kappa shape index (κ2) is 6.89. The normalized spacial score (nSPS) is 11.3. The van der Waals surface area contributed by atoms with Gasteiger partial charge in [-0.05, 0) is 19.4 Å². The van der Waals surface area contributed by atoms with E-state index in [4.69, 9.17) is 0 Å². The van der Waals surface area contributed by atoms with Gasteiger partial charge in [0, 0.05) is 23.2 Å². The second-order valence-electron chi connectivity index (χ2n) is 6.87. The number of nitrogens with one attached hydrogen (secondary N) is 1. The summed E-state index contributed by atoms with van der Waals surface area (Å²) in [4.78, 5) is 35.3. The maximum absolute atomic E-state index is 13.1. The molecule has 9 heteroatoms. The number of nitrogens with zero attached hydrogens (tertiary/aromatic N) is 5. The fourth-order valence-corrected chi connectivity index (χ4v) is 4.30. The average molecular weight is 416 g/mol. The van der Waals surface area contributed by atoms with Crippen molar-refractivity contribution < 1.29 is 4.79 Å². The van der Waals surface area contributed by atoms with Gasteiger partial charge in [0.15, 0.2) is 5.65 Å². The van der Waals surface area contributed by atoms with Crippen LogP contribution in [-0.2, 0) is 0 Å². The molecular formula is C21H16N6O2S. The quantitative estimate of drug-likeness (QED) is 0.488. The van der Waals surface area contributed by atoms with Crippen LogP contribution in [0.25, 0.3) is 27.0 Å². The third-order valence-corrected chi connectivity index (χ3v) is 5.78. The summed E-state index contributed by atoms with van der Waals surface area (Å²) < 4.78 is 2.72. The number of hydrogen-bond donors (Lipinski definition) is 1. The van der Waals surface area contributed by atoms with Crippen LogP contribution in [0.2, 0.25) is 0 Å². The molecule has 5 aromatic rings. The Morgan fingerprint density at radius 2 is 1.93 bits per heavy atom. The number of thiophene rings is 1. The minimum absolute atomic E-state index is 0.325. The van der Waals surface area contributed by atoms with Gasteiger partial charge in [0.1, 0.15) is 11.2 Å². The third-order valence-electron chi connectivity index (χ3n) is 4.89. The Hall–Kier alpha value is -3.85. The van der Waals surface area contributed by atoms with Crippen LogP contribution in [0.15, 0.2) is 59.1 Å². The molecule has 148 valence electrons. The highest BCUT2D eigenvalue weighted by Crippen LogP contribution is 2.30. The lowest BCUT2D eigenvalue weighted by Gasteiger charge is -2.10. The summed E-state index contributed by atoms with van der Waals surface area (Å²) in [6.45, 7) is 3.64. The van der Waals surface area contributed by atoms with Gasteiger partial charge in [0.2, 0.25) is 0 Å². The molecule has 0 aliphatic rings. The number of carbonyl (C=O) groups excluding carboxylic acids is 1. The lowest BCUT2D eigenvalue weighted by Crippen LogP contribution is -2.33. The summed E-state index contributed by atoms with van der Waals surface area (Å²) in [6.07, 6.45) is 2.81. The van der Waals surface area contributed by atoms with E-state index in [0.29, 0.717) is 27.1 Å². The van der Waals surface area contributed by atoms with Gasteiger partial charge >= 0.3 is 0 Å². The van der Waals surface area contributed by atoms with Crippen LogP contribution in [0.4, 0.5) is 0 Å². The number of benzene rings is 1. The maximum Gasteiger partial charge on any atom is 0.281 e. The molecular weight excluding hydrogens is 400 g/mol. The molecule has 5 rings (SSSR count). The topological polar surface area (TPSA) is 94.2 Å². The molecule has 0 fully saturated rings. The van der Waals surface area contributed by atoms with E-state index in [0.717, 1.165) is 21.5 Å². The van der Waals surface area contributed by atoms with Crippen LogP contribution in [0, 0.1) is 13.8 Å². The van der Waals surface area contributed by atoms with Crippen molar-refractivity contribution in [2.45, 2.75) is 13.8 Å². The first kappa shape index (κ1) is 18.2. The van der Waals surface area contributed by atoms with Crippen LogP contribution in [0.5, 0.6) is 0 Å². The van der Waals surface area contributed by atoms with E-state index >= 15 is 0 Å². The molecule has 1 N–H and O–H groups in total. The molecule has 0 saturated heterocycles. The lowest BCUT2D eigenvalue weighted by molar-refractivity contribution is 0.100. The minimum Gasteiger partial charge on any atom is -0.267 e. The Morgan fingerprint density at radius 3 is 2.73 bits per heavy atom. The van der Waals surface area contributed by atoms with Crippen LogP contribution < -0.4 is 11.0 Å². The molecule has 0 aliphatic carbocycles. The van der Waals surface area contributed by atoms with Crippen LogP contribution in [-0.4, -0.2) is 30.2 Å². The highest BCUT2D eigenvalue weighted by Gasteiger charge is 2.17. The number of aromatic nitrogens is 5. The summed E-state index contributed by atoms with van der Waals surface area (Å²) in [5.74, 6) is -0.463. The van der Waals surface area contributed by atoms with Crippen molar-refractivity contribution in [1.29, 1.82) is 0 Å². The molecule has 0 atom stereocenters. The van der Waals surface area contributed by atoms with Crippen LogP contribution in [0.1, 0.15) is 21.7 Å². The average Bonchev–Trinajstić information content (AvgIpc) is 3.35. The highest BCUT2D eigenvalue weighted by molar-refractivity contribution is 7.17. The predicted molar refractivity (Wildman–Crippen MR) is 115 cm³/mol. The van der Waals surface area contributed by atoms with Crippen molar-refractivity contribution in [3.63, 3.8) is 0 Å². The first-order valence-electron chi connectivity index (χ1n) is 9.20. The van der Waals surface area contributed by atoms with E-state index in [1.54, 1.807) is 11.4 Å². The van der Waals surface area contributed by atoms with Gasteiger partial charge in [-0.2, -0.15) is 5.10 Å². The molecule has 0 aliphatic heterocycles. The zero-order valence-corrected chi connectivity index (χ0v) is 17.0. The smallest absolute Gasteiger partial charge is 0.267 e. The Bertz CT molecular complexity index is 1480. The minimum atomic E-state index is -0.463. The van der Waals surface area contributed by atoms with E-state index in [1.807, 2.05) is 48.7 Å². The molecule has 1 aromatic carbocycles. The zero-order valence-electron chi connectivity index (χ0n) is 16.2. The second-order valence-corrected chi connectivity index (χ2v) is 7.73. The third kappa shape index (κ3) is 2.87. The molecule has 0 radical (unpaired) electrons. The summed E-state index contributed by atoms with van der Waals surface area (Å²) >= 11 is 1.39. The monoisotopic (exact) mass is 416 g/mol. The van der Waals surface area contributed by atoms with E-state index in [-0.39, 0.29) is 5.56 Å². The molecule has 30 heavy (non-hydrogen) atoms. The molecule has 0 saturated carbocycles. The predicted octanol–water partition coefficient (Wildman–Crippen LogP) is 3.17. The molecule has 4 aromatic heterocycles. The number of rotatable bonds is 3. The fraction of sp³-hybridized carbons (Fsp3) is 0.0952. The molecule has 8 nitrogen and oxygen atoms in total. The molecule has 0 bridgehead atoms. The molecule has 0 unspecified atom stereocenters. The SMILES string of the molecule is Cc1cc2ncc(C(=O)Nn3cnc4scc(-c5ccccc5)c4c3=O)c(C)n2n1. The number of hydrogen-bond acceptors (Lipinski definition) is 6. The Morgan fingerprint density at radius 1 is 1.13 bits per heavy atom. The molecule has 1 amide bonds. The number of aryl methyl sites for hydroxylation is 2. The van der Waals surface area contributed by atoms with Gasteiger partial charge in [-0.25, -0.2) is 19.2 Å².